The van der Waals surface area contributed by atoms with Crippen molar-refractivity contribution in [1.29, 1.82) is 0 Å². The van der Waals surface area contributed by atoms with E-state index >= 15 is 0 Å². The molecule has 0 spiro atoms. The van der Waals surface area contributed by atoms with Crippen molar-refractivity contribution in [3.05, 3.63) is 54.8 Å². The van der Waals surface area contributed by atoms with Crippen LogP contribution in [0.15, 0.2) is 34.5 Å². The van der Waals surface area contributed by atoms with Crippen LogP contribution >= 0.6 is 69.5 Å². The van der Waals surface area contributed by atoms with Gasteiger partial charge in [-0.25, -0.2) is 10.8 Å². The zero-order valence-electron chi connectivity index (χ0n) is 16.9. The van der Waals surface area contributed by atoms with Crippen LogP contribution < -0.4 is 26.5 Å². The van der Waals surface area contributed by atoms with E-state index in [0.717, 1.165) is 27.4 Å². The Kier molecular flexibility index (Phi) is 6.73. The van der Waals surface area contributed by atoms with E-state index in [-0.39, 0.29) is 5.25 Å². The largest absolute Gasteiger partial charge is 0.490 e. The first kappa shape index (κ1) is 23.8. The van der Waals surface area contributed by atoms with Crippen molar-refractivity contribution < 1.29 is 9.47 Å². The second-order valence-corrected chi connectivity index (χ2v) is 10.9. The molecule has 0 aliphatic carbocycles. The van der Waals surface area contributed by atoms with Crippen molar-refractivity contribution >= 4 is 85.5 Å². The fourth-order valence-electron chi connectivity index (χ4n) is 3.49. The Labute approximate surface area is 222 Å². The number of ether oxygens (including phenoxy) is 2. The van der Waals surface area contributed by atoms with E-state index in [0.29, 0.717) is 55.1 Å². The molecule has 0 fully saturated rings. The summed E-state index contributed by atoms with van der Waals surface area (Å²) < 4.78 is 11.2. The first-order chi connectivity index (χ1) is 16.4. The van der Waals surface area contributed by atoms with Crippen molar-refractivity contribution in [2.24, 2.45) is 21.8 Å². The Morgan fingerprint density at radius 1 is 0.941 bits per heavy atom. The molecule has 3 aliphatic heterocycles. The number of nitrogens with zero attached hydrogens (tertiary/aromatic N) is 3. The molecule has 34 heavy (non-hydrogen) atoms. The maximum atomic E-state index is 6.10. The van der Waals surface area contributed by atoms with Crippen molar-refractivity contribution in [2.45, 2.75) is 11.9 Å². The standard InChI is InChI=1S/2C10H7Cl2N3OS/c11-5-2-1-4-8-6(17-10(14-8)15-13)3-16-9(4)7(5)12;11-5-2-1-4-8-6(17-10(13)15-14-8)3-16-9(4)7(5)12/h1-2H,3,13H2,(H,14,15);1-2,6H,3H2,(H2,13,15). The van der Waals surface area contributed by atoms with Gasteiger partial charge in [-0.15, -0.1) is 5.10 Å². The first-order valence-electron chi connectivity index (χ1n) is 9.63. The van der Waals surface area contributed by atoms with Crippen LogP contribution in [0.2, 0.25) is 20.1 Å². The minimum absolute atomic E-state index is 0.0669. The number of rotatable bonds is 1. The Morgan fingerprint density at radius 2 is 1.62 bits per heavy atom. The van der Waals surface area contributed by atoms with E-state index < -0.39 is 0 Å². The highest BCUT2D eigenvalue weighted by atomic mass is 35.5. The molecule has 0 saturated heterocycles. The lowest BCUT2D eigenvalue weighted by atomic mass is 10.0. The number of thioether (sulfide) groups is 1. The summed E-state index contributed by atoms with van der Waals surface area (Å²) in [5, 5.41) is 10.9. The third-order valence-electron chi connectivity index (χ3n) is 5.00. The quantitative estimate of drug-likeness (QED) is 0.247. The molecule has 0 amide bonds. The summed E-state index contributed by atoms with van der Waals surface area (Å²) in [6.07, 6.45) is 0. The maximum absolute atomic E-state index is 6.10. The molecule has 3 aliphatic rings. The van der Waals surface area contributed by atoms with Gasteiger partial charge < -0.3 is 15.2 Å². The lowest BCUT2D eigenvalue weighted by Gasteiger charge is -2.28. The number of nitrogens with two attached hydrogens (primary N) is 2. The Hall–Kier alpha value is -1.92. The number of hydrazine groups is 1. The fourth-order valence-corrected chi connectivity index (χ4v) is 5.82. The molecule has 1 atom stereocenters. The molecule has 6 rings (SSSR count). The van der Waals surface area contributed by atoms with Crippen molar-refractivity contribution in [3.63, 3.8) is 0 Å². The SMILES string of the molecule is NC1=NN=C2c3ccc(Cl)c(Cl)c3OCC2S1.NNc1nc2c(s1)COc1c-2ccc(Cl)c1Cl. The molecule has 0 radical (unpaired) electrons. The van der Waals surface area contributed by atoms with E-state index in [1.54, 1.807) is 12.1 Å². The summed E-state index contributed by atoms with van der Waals surface area (Å²) in [4.78, 5) is 5.40. The number of anilines is 1. The Morgan fingerprint density at radius 3 is 2.32 bits per heavy atom. The van der Waals surface area contributed by atoms with Crippen molar-refractivity contribution in [2.75, 3.05) is 12.0 Å². The third-order valence-corrected chi connectivity index (χ3v) is 8.50. The highest BCUT2D eigenvalue weighted by Crippen LogP contribution is 2.46. The van der Waals surface area contributed by atoms with Gasteiger partial charge in [-0.3, -0.25) is 5.43 Å². The van der Waals surface area contributed by atoms with Gasteiger partial charge in [0.2, 0.25) is 0 Å². The van der Waals surface area contributed by atoms with Gasteiger partial charge in [0.25, 0.3) is 0 Å². The predicted octanol–water partition coefficient (Wildman–Crippen LogP) is 5.81. The highest BCUT2D eigenvalue weighted by molar-refractivity contribution is 8.15. The van der Waals surface area contributed by atoms with Crippen LogP contribution in [0.5, 0.6) is 11.5 Å². The van der Waals surface area contributed by atoms with Crippen LogP contribution in [0.4, 0.5) is 5.13 Å². The van der Waals surface area contributed by atoms with E-state index in [2.05, 4.69) is 20.6 Å². The van der Waals surface area contributed by atoms with Crippen LogP contribution in [0, 0.1) is 0 Å². The molecule has 2 aromatic carbocycles. The van der Waals surface area contributed by atoms with Crippen LogP contribution in [0.3, 0.4) is 0 Å². The number of hydrogen-bond donors (Lipinski definition) is 3. The topological polar surface area (TPSA) is 120 Å². The first-order valence-corrected chi connectivity index (χ1v) is 12.8. The summed E-state index contributed by atoms with van der Waals surface area (Å²) in [7, 11) is 0. The number of nitrogen functional groups attached to an aromatic ring is 1. The monoisotopic (exact) mass is 574 g/mol. The van der Waals surface area contributed by atoms with Gasteiger partial charge in [-0.05, 0) is 24.3 Å². The highest BCUT2D eigenvalue weighted by Gasteiger charge is 2.32. The van der Waals surface area contributed by atoms with Gasteiger partial charge in [-0.1, -0.05) is 69.5 Å². The molecule has 0 bridgehead atoms. The number of halogens is 4. The lowest BCUT2D eigenvalue weighted by molar-refractivity contribution is 0.306. The van der Waals surface area contributed by atoms with Crippen molar-refractivity contribution in [3.8, 4) is 22.8 Å². The van der Waals surface area contributed by atoms with Gasteiger partial charge in [-0.2, -0.15) is 5.10 Å². The summed E-state index contributed by atoms with van der Waals surface area (Å²) in [5.41, 5.74) is 11.5. The second kappa shape index (κ2) is 9.62. The van der Waals surface area contributed by atoms with Gasteiger partial charge in [0.15, 0.2) is 10.3 Å². The zero-order valence-corrected chi connectivity index (χ0v) is 21.6. The van der Waals surface area contributed by atoms with E-state index in [4.69, 9.17) is 67.5 Å². The summed E-state index contributed by atoms with van der Waals surface area (Å²) >= 11 is 27.0. The fraction of sp³-hybridized carbons (Fsp3) is 0.150. The van der Waals surface area contributed by atoms with Crippen LogP contribution in [-0.4, -0.2) is 27.7 Å². The number of aromatic nitrogens is 1. The van der Waals surface area contributed by atoms with E-state index in [9.17, 15) is 0 Å². The number of hydrogen-bond acceptors (Lipinski definition) is 10. The van der Waals surface area contributed by atoms with Gasteiger partial charge in [0, 0.05) is 11.1 Å². The molecule has 176 valence electrons. The number of benzene rings is 2. The van der Waals surface area contributed by atoms with Crippen LogP contribution in [-0.2, 0) is 6.61 Å². The third kappa shape index (κ3) is 4.28. The normalized spacial score (nSPS) is 17.3. The smallest absolute Gasteiger partial charge is 0.197 e. The number of amidine groups is 1. The van der Waals surface area contributed by atoms with E-state index in [1.807, 2.05) is 12.1 Å². The second-order valence-electron chi connectivity index (χ2n) is 7.04. The summed E-state index contributed by atoms with van der Waals surface area (Å²) in [5.74, 6) is 6.50. The molecule has 3 aromatic rings. The van der Waals surface area contributed by atoms with Crippen LogP contribution in [0.1, 0.15) is 10.4 Å². The Bertz CT molecular complexity index is 1360. The molecule has 1 unspecified atom stereocenters. The summed E-state index contributed by atoms with van der Waals surface area (Å²) in [6.45, 7) is 0.897. The molecule has 4 heterocycles. The zero-order chi connectivity index (χ0) is 24.0. The minimum atomic E-state index is 0.0669. The van der Waals surface area contributed by atoms with E-state index in [1.165, 1.54) is 23.1 Å². The van der Waals surface area contributed by atoms with Gasteiger partial charge in [0.1, 0.15) is 34.8 Å². The predicted molar refractivity (Wildman–Crippen MR) is 141 cm³/mol. The molecule has 0 saturated carbocycles. The Balaban J connectivity index is 0.000000142. The maximum Gasteiger partial charge on any atom is 0.197 e. The number of thiazole rings is 1. The number of fused-ring (bicyclic) bond motifs is 6. The molecule has 1 aromatic heterocycles. The van der Waals surface area contributed by atoms with Crippen molar-refractivity contribution in [1.82, 2.24) is 4.98 Å². The summed E-state index contributed by atoms with van der Waals surface area (Å²) in [6, 6.07) is 7.15. The van der Waals surface area contributed by atoms with Crippen LogP contribution in [0.25, 0.3) is 11.3 Å². The molecule has 8 nitrogen and oxygen atoms in total. The average molecular weight is 576 g/mol. The number of nitrogens with one attached hydrogen (secondary N) is 1. The average Bonchev–Trinajstić information content (AvgIpc) is 3.27. The molecule has 5 N–H and O–H groups in total. The molecular weight excluding hydrogens is 562 g/mol. The molecular formula is C20H14Cl4N6O2S2. The minimum Gasteiger partial charge on any atom is -0.490 e. The lowest BCUT2D eigenvalue weighted by Crippen LogP contribution is -2.35. The van der Waals surface area contributed by atoms with Gasteiger partial charge >= 0.3 is 0 Å². The molecule has 14 heteroatoms. The van der Waals surface area contributed by atoms with Gasteiger partial charge in [0.05, 0.1) is 31.6 Å².